The molecular formula is C32H58O16. The molecule has 0 aromatic heterocycles. The summed E-state index contributed by atoms with van der Waals surface area (Å²) in [5.41, 5.74) is 0. The lowest BCUT2D eigenvalue weighted by Crippen LogP contribution is -2.66. The number of carbonyl (C=O) groups is 1. The number of hydrogen-bond acceptors (Lipinski definition) is 15. The highest BCUT2D eigenvalue weighted by Gasteiger charge is 2.53. The van der Waals surface area contributed by atoms with E-state index in [1.165, 1.54) is 6.92 Å². The van der Waals surface area contributed by atoms with E-state index in [0.29, 0.717) is 19.3 Å². The van der Waals surface area contributed by atoms with E-state index >= 15 is 0 Å². The second kappa shape index (κ2) is 20.1. The number of aliphatic carboxylic acids is 1. The first-order chi connectivity index (χ1) is 22.8. The third kappa shape index (κ3) is 11.2. The van der Waals surface area contributed by atoms with E-state index in [2.05, 4.69) is 0 Å². The van der Waals surface area contributed by atoms with Crippen LogP contribution in [0, 0.1) is 0 Å². The van der Waals surface area contributed by atoms with Gasteiger partial charge in [-0.1, -0.05) is 51.9 Å². The molecule has 3 rings (SSSR count). The zero-order valence-corrected chi connectivity index (χ0v) is 28.1. The lowest BCUT2D eigenvalue weighted by molar-refractivity contribution is -0.393. The van der Waals surface area contributed by atoms with E-state index in [-0.39, 0.29) is 12.5 Å². The zero-order chi connectivity index (χ0) is 35.5. The number of carboxylic acids is 1. The summed E-state index contributed by atoms with van der Waals surface area (Å²) in [6, 6.07) is 0. The molecule has 0 saturated carbocycles. The molecule has 3 fully saturated rings. The van der Waals surface area contributed by atoms with Crippen LogP contribution in [0.4, 0.5) is 0 Å². The van der Waals surface area contributed by atoms with Gasteiger partial charge in [0.1, 0.15) is 61.0 Å². The highest BCUT2D eigenvalue weighted by Crippen LogP contribution is 2.34. The normalized spacial score (nSPS) is 41.3. The predicted molar refractivity (Wildman–Crippen MR) is 165 cm³/mol. The Morgan fingerprint density at radius 3 is 1.75 bits per heavy atom. The lowest BCUT2D eigenvalue weighted by atomic mass is 9.96. The molecule has 282 valence electrons. The molecule has 3 heterocycles. The molecule has 0 bridgehead atoms. The lowest BCUT2D eigenvalue weighted by Gasteiger charge is -2.48. The van der Waals surface area contributed by atoms with E-state index in [0.717, 1.165) is 44.9 Å². The van der Waals surface area contributed by atoms with Gasteiger partial charge in [0.25, 0.3) is 0 Å². The van der Waals surface area contributed by atoms with Crippen molar-refractivity contribution in [2.24, 2.45) is 0 Å². The van der Waals surface area contributed by atoms with Gasteiger partial charge < -0.3 is 74.4 Å². The first-order valence-corrected chi connectivity index (χ1v) is 17.3. The van der Waals surface area contributed by atoms with Crippen LogP contribution in [0.1, 0.15) is 91.4 Å². The van der Waals surface area contributed by atoms with Crippen molar-refractivity contribution >= 4 is 5.97 Å². The van der Waals surface area contributed by atoms with Crippen LogP contribution in [-0.2, 0) is 33.2 Å². The zero-order valence-electron chi connectivity index (χ0n) is 28.1. The fourth-order valence-corrected chi connectivity index (χ4v) is 6.33. The minimum Gasteiger partial charge on any atom is -0.481 e. The number of carboxylic acid groups (broad SMARTS) is 1. The van der Waals surface area contributed by atoms with Crippen molar-refractivity contribution in [1.29, 1.82) is 0 Å². The highest BCUT2D eigenvalue weighted by atomic mass is 16.8. The van der Waals surface area contributed by atoms with Crippen LogP contribution in [0.15, 0.2) is 0 Å². The third-order valence-electron chi connectivity index (χ3n) is 9.35. The molecule has 0 aromatic rings. The number of aliphatic hydroxyl groups excluding tert-OH is 8. The van der Waals surface area contributed by atoms with Gasteiger partial charge in [-0.2, -0.15) is 0 Å². The van der Waals surface area contributed by atoms with E-state index < -0.39 is 105 Å². The Labute approximate surface area is 281 Å². The van der Waals surface area contributed by atoms with Gasteiger partial charge in [-0.15, -0.1) is 0 Å². The Hall–Kier alpha value is -1.09. The topological polar surface area (TPSA) is 255 Å². The summed E-state index contributed by atoms with van der Waals surface area (Å²) in [5, 5.41) is 92.9. The van der Waals surface area contributed by atoms with E-state index in [1.54, 1.807) is 6.92 Å². The molecule has 0 amide bonds. The average Bonchev–Trinajstić information content (AvgIpc) is 3.05. The maximum absolute atomic E-state index is 11.2. The van der Waals surface area contributed by atoms with Crippen molar-refractivity contribution in [3.63, 3.8) is 0 Å². The van der Waals surface area contributed by atoms with Gasteiger partial charge in [0, 0.05) is 6.42 Å². The van der Waals surface area contributed by atoms with Gasteiger partial charge in [-0.3, -0.25) is 4.79 Å². The van der Waals surface area contributed by atoms with Crippen LogP contribution in [0.25, 0.3) is 0 Å². The summed E-state index contributed by atoms with van der Waals surface area (Å²) in [7, 11) is 0. The molecule has 0 aliphatic carbocycles. The van der Waals surface area contributed by atoms with Crippen molar-refractivity contribution in [3.8, 4) is 0 Å². The fourth-order valence-electron chi connectivity index (χ4n) is 6.33. The number of ether oxygens (including phenoxy) is 6. The van der Waals surface area contributed by atoms with E-state index in [1.807, 2.05) is 6.92 Å². The highest BCUT2D eigenvalue weighted by molar-refractivity contribution is 5.66. The Morgan fingerprint density at radius 2 is 1.15 bits per heavy atom. The summed E-state index contributed by atoms with van der Waals surface area (Å²) < 4.78 is 35.4. The van der Waals surface area contributed by atoms with Crippen molar-refractivity contribution in [2.45, 2.75) is 190 Å². The van der Waals surface area contributed by atoms with Gasteiger partial charge >= 0.3 is 5.97 Å². The predicted octanol–water partition coefficient (Wildman–Crippen LogP) is -0.729. The smallest absolute Gasteiger partial charge is 0.303 e. The maximum Gasteiger partial charge on any atom is 0.303 e. The van der Waals surface area contributed by atoms with Crippen LogP contribution in [-0.4, -0.2) is 157 Å². The van der Waals surface area contributed by atoms with Crippen LogP contribution < -0.4 is 0 Å². The molecule has 0 aromatic carbocycles. The number of unbranched alkanes of at least 4 members (excludes halogenated alkanes) is 6. The number of aliphatic hydroxyl groups is 8. The van der Waals surface area contributed by atoms with Crippen molar-refractivity contribution in [2.75, 3.05) is 6.61 Å². The first-order valence-electron chi connectivity index (χ1n) is 17.3. The Morgan fingerprint density at radius 1 is 0.625 bits per heavy atom. The van der Waals surface area contributed by atoms with Crippen molar-refractivity contribution in [1.82, 2.24) is 0 Å². The molecule has 3 aliphatic heterocycles. The average molecular weight is 699 g/mol. The van der Waals surface area contributed by atoms with Gasteiger partial charge in [-0.25, -0.2) is 0 Å². The Bertz CT molecular complexity index is 929. The molecule has 0 spiro atoms. The molecule has 16 atom stereocenters. The van der Waals surface area contributed by atoms with Crippen molar-refractivity contribution < 1.29 is 79.2 Å². The largest absolute Gasteiger partial charge is 0.481 e. The maximum atomic E-state index is 11.2. The summed E-state index contributed by atoms with van der Waals surface area (Å²) >= 11 is 0. The molecule has 0 radical (unpaired) electrons. The van der Waals surface area contributed by atoms with Gasteiger partial charge in [0.05, 0.1) is 24.9 Å². The second-order valence-corrected chi connectivity index (χ2v) is 13.2. The summed E-state index contributed by atoms with van der Waals surface area (Å²) in [5.74, 6) is -0.779. The molecule has 3 aliphatic rings. The first kappa shape index (κ1) is 41.3. The molecule has 9 N–H and O–H groups in total. The SMILES string of the molecule is CCC[C@@H](CCCCCCCCCC(=O)O)O[C@@H]1O[C@H](C)[C@H](O)[C@H](O)[C@H]1O[C@@H]1O[C@H](CO)[C@H](O)[C@H](O)[C@H]1O[C@@H]1O[C@@H](C)[C@H](O)[C@@H](O)[C@H]1O. The fraction of sp³-hybridized carbons (Fsp3) is 0.969. The van der Waals surface area contributed by atoms with Crippen LogP contribution in [0.3, 0.4) is 0 Å². The monoisotopic (exact) mass is 698 g/mol. The Balaban J connectivity index is 1.70. The third-order valence-corrected chi connectivity index (χ3v) is 9.35. The molecule has 3 saturated heterocycles. The van der Waals surface area contributed by atoms with Gasteiger partial charge in [0.2, 0.25) is 0 Å². The molecular weight excluding hydrogens is 640 g/mol. The quantitative estimate of drug-likeness (QED) is 0.0754. The standard InChI is InChI=1S/C32H58O16/c1-4-12-18(13-10-8-6-5-7-9-11-14-20(34)35)45-31-28(25(40)22(37)17(3)44-31)48-32-29(26(41)23(38)19(15-33)46-32)47-30-27(42)24(39)21(36)16(2)43-30/h16-19,21-33,36-42H,4-15H2,1-3H3,(H,34,35)/t16-,17+,18-,19+,21-,22-,23-,24+,25-,26-,27+,28+,29+,30-,31-,32-/m0/s1. The molecule has 0 unspecified atom stereocenters. The summed E-state index contributed by atoms with van der Waals surface area (Å²) in [6.45, 7) is 4.29. The minimum absolute atomic E-state index is 0.186. The van der Waals surface area contributed by atoms with Crippen LogP contribution in [0.2, 0.25) is 0 Å². The van der Waals surface area contributed by atoms with Gasteiger partial charge in [0.15, 0.2) is 18.9 Å². The van der Waals surface area contributed by atoms with Crippen LogP contribution >= 0.6 is 0 Å². The van der Waals surface area contributed by atoms with E-state index in [4.69, 9.17) is 33.5 Å². The minimum atomic E-state index is -1.77. The van der Waals surface area contributed by atoms with Crippen LogP contribution in [0.5, 0.6) is 0 Å². The molecule has 48 heavy (non-hydrogen) atoms. The number of hydrogen-bond donors (Lipinski definition) is 9. The summed E-state index contributed by atoms with van der Waals surface area (Å²) in [6.07, 6.45) is -13.5. The Kier molecular flexibility index (Phi) is 17.3. The molecule has 16 heteroatoms. The molecule has 16 nitrogen and oxygen atoms in total. The van der Waals surface area contributed by atoms with Crippen molar-refractivity contribution in [3.05, 3.63) is 0 Å². The summed E-state index contributed by atoms with van der Waals surface area (Å²) in [4.78, 5) is 10.7. The second-order valence-electron chi connectivity index (χ2n) is 13.2. The number of rotatable bonds is 19. The van der Waals surface area contributed by atoms with E-state index in [9.17, 15) is 45.6 Å². The van der Waals surface area contributed by atoms with Gasteiger partial charge in [-0.05, 0) is 33.1 Å².